The van der Waals surface area contributed by atoms with E-state index in [4.69, 9.17) is 21.1 Å². The first-order valence-corrected chi connectivity index (χ1v) is 8.76. The van der Waals surface area contributed by atoms with Crippen molar-refractivity contribution >= 4 is 11.6 Å². The molecule has 128 valence electrons. The van der Waals surface area contributed by atoms with Gasteiger partial charge in [-0.1, -0.05) is 48.0 Å². The Labute approximate surface area is 149 Å². The van der Waals surface area contributed by atoms with Gasteiger partial charge in [0.1, 0.15) is 5.75 Å². The van der Waals surface area contributed by atoms with E-state index in [1.165, 1.54) is 5.56 Å². The van der Waals surface area contributed by atoms with Gasteiger partial charge in [-0.3, -0.25) is 0 Å². The highest BCUT2D eigenvalue weighted by atomic mass is 35.5. The van der Waals surface area contributed by atoms with Gasteiger partial charge in [0, 0.05) is 23.0 Å². The van der Waals surface area contributed by atoms with Crippen LogP contribution in [0.3, 0.4) is 0 Å². The standard InChI is InChI=1S/C20H24ClNO2/c1-22(2)11-13-24-20-17(15-6-4-3-5-7-15)10-12-23-19-14-16(21)8-9-18(19)20/h3-9,14,17,20H,10-13H2,1-2H3/t17-,20-/m1/s1. The highest BCUT2D eigenvalue weighted by molar-refractivity contribution is 6.30. The Morgan fingerprint density at radius 2 is 1.96 bits per heavy atom. The van der Waals surface area contributed by atoms with E-state index in [1.807, 2.05) is 24.3 Å². The number of halogens is 1. The molecule has 0 bridgehead atoms. The maximum absolute atomic E-state index is 6.34. The number of hydrogen-bond acceptors (Lipinski definition) is 3. The summed E-state index contributed by atoms with van der Waals surface area (Å²) in [6.45, 7) is 2.24. The van der Waals surface area contributed by atoms with Gasteiger partial charge in [0.15, 0.2) is 0 Å². The second-order valence-corrected chi connectivity index (χ2v) is 6.87. The Balaban J connectivity index is 1.93. The van der Waals surface area contributed by atoms with Crippen LogP contribution in [0, 0.1) is 0 Å². The van der Waals surface area contributed by atoms with Crippen molar-refractivity contribution in [3.05, 3.63) is 64.7 Å². The number of nitrogens with zero attached hydrogens (tertiary/aromatic N) is 1. The molecule has 2 atom stereocenters. The quantitative estimate of drug-likeness (QED) is 0.795. The zero-order chi connectivity index (χ0) is 16.9. The molecule has 2 aromatic rings. The summed E-state index contributed by atoms with van der Waals surface area (Å²) in [5, 5.41) is 0.693. The number of ether oxygens (including phenoxy) is 2. The van der Waals surface area contributed by atoms with Crippen molar-refractivity contribution < 1.29 is 9.47 Å². The summed E-state index contributed by atoms with van der Waals surface area (Å²) < 4.78 is 12.3. The minimum atomic E-state index is -0.0258. The third kappa shape index (κ3) is 4.10. The Kier molecular flexibility index (Phi) is 5.77. The molecule has 24 heavy (non-hydrogen) atoms. The average molecular weight is 346 g/mol. The SMILES string of the molecule is CN(C)CCO[C@H]1c2ccc(Cl)cc2OCC[C@@H]1c1ccccc1. The maximum atomic E-state index is 6.34. The van der Waals surface area contributed by atoms with Crippen LogP contribution in [0.1, 0.15) is 29.6 Å². The predicted octanol–water partition coefficient (Wildman–Crippen LogP) is 4.53. The molecule has 0 fully saturated rings. The first-order valence-electron chi connectivity index (χ1n) is 8.38. The molecule has 2 aromatic carbocycles. The zero-order valence-corrected chi connectivity index (χ0v) is 15.0. The van der Waals surface area contributed by atoms with E-state index < -0.39 is 0 Å². The average Bonchev–Trinajstić information content (AvgIpc) is 2.74. The summed E-state index contributed by atoms with van der Waals surface area (Å²) in [5.74, 6) is 1.12. The Hall–Kier alpha value is -1.55. The van der Waals surface area contributed by atoms with Crippen LogP contribution in [0.5, 0.6) is 5.75 Å². The molecular formula is C20H24ClNO2. The van der Waals surface area contributed by atoms with Crippen LogP contribution in [0.4, 0.5) is 0 Å². The van der Waals surface area contributed by atoms with Crippen molar-refractivity contribution in [3.8, 4) is 5.75 Å². The number of likely N-dealkylation sites (N-methyl/N-ethyl adjacent to an activating group) is 1. The first-order chi connectivity index (χ1) is 11.6. The molecule has 0 N–H and O–H groups in total. The lowest BCUT2D eigenvalue weighted by Crippen LogP contribution is -2.22. The van der Waals surface area contributed by atoms with Crippen molar-refractivity contribution in [2.45, 2.75) is 18.4 Å². The van der Waals surface area contributed by atoms with Crippen molar-refractivity contribution in [3.63, 3.8) is 0 Å². The lowest BCUT2D eigenvalue weighted by molar-refractivity contribution is 0.0249. The molecule has 0 radical (unpaired) electrons. The van der Waals surface area contributed by atoms with E-state index in [0.29, 0.717) is 18.2 Å². The topological polar surface area (TPSA) is 21.7 Å². The summed E-state index contributed by atoms with van der Waals surface area (Å²) in [6, 6.07) is 16.4. The van der Waals surface area contributed by atoms with Gasteiger partial charge in [-0.15, -0.1) is 0 Å². The monoisotopic (exact) mass is 345 g/mol. The molecule has 0 saturated heterocycles. The van der Waals surface area contributed by atoms with Gasteiger partial charge in [-0.05, 0) is 38.2 Å². The fraction of sp³-hybridized carbons (Fsp3) is 0.400. The minimum Gasteiger partial charge on any atom is -0.493 e. The van der Waals surface area contributed by atoms with Gasteiger partial charge >= 0.3 is 0 Å². The van der Waals surface area contributed by atoms with Gasteiger partial charge in [-0.2, -0.15) is 0 Å². The molecule has 1 aliphatic heterocycles. The second-order valence-electron chi connectivity index (χ2n) is 6.43. The fourth-order valence-electron chi connectivity index (χ4n) is 3.14. The number of hydrogen-bond donors (Lipinski definition) is 0. The molecule has 1 heterocycles. The van der Waals surface area contributed by atoms with Crippen molar-refractivity contribution in [1.82, 2.24) is 4.90 Å². The maximum Gasteiger partial charge on any atom is 0.126 e. The highest BCUT2D eigenvalue weighted by Crippen LogP contribution is 2.43. The van der Waals surface area contributed by atoms with Gasteiger partial charge in [0.25, 0.3) is 0 Å². The largest absolute Gasteiger partial charge is 0.493 e. The molecule has 0 unspecified atom stereocenters. The predicted molar refractivity (Wildman–Crippen MR) is 98.0 cm³/mol. The van der Waals surface area contributed by atoms with Crippen molar-refractivity contribution in [2.75, 3.05) is 33.9 Å². The normalized spacial score (nSPS) is 20.3. The Morgan fingerprint density at radius 3 is 2.71 bits per heavy atom. The third-order valence-electron chi connectivity index (χ3n) is 4.40. The summed E-state index contributed by atoms with van der Waals surface area (Å²) in [4.78, 5) is 2.13. The number of benzene rings is 2. The molecule has 0 amide bonds. The first kappa shape index (κ1) is 17.3. The zero-order valence-electron chi connectivity index (χ0n) is 14.2. The van der Waals surface area contributed by atoms with Gasteiger partial charge in [-0.25, -0.2) is 0 Å². The Bertz CT molecular complexity index is 660. The third-order valence-corrected chi connectivity index (χ3v) is 4.63. The summed E-state index contributed by atoms with van der Waals surface area (Å²) in [5.41, 5.74) is 2.38. The molecule has 4 heteroatoms. The second kappa shape index (κ2) is 8.02. The summed E-state index contributed by atoms with van der Waals surface area (Å²) in [6.07, 6.45) is 0.894. The molecule has 3 rings (SSSR count). The van der Waals surface area contributed by atoms with E-state index in [-0.39, 0.29) is 12.0 Å². The minimum absolute atomic E-state index is 0.0258. The molecular weight excluding hydrogens is 322 g/mol. The van der Waals surface area contributed by atoms with Crippen LogP contribution < -0.4 is 4.74 Å². The summed E-state index contributed by atoms with van der Waals surface area (Å²) >= 11 is 6.15. The lowest BCUT2D eigenvalue weighted by Gasteiger charge is -2.27. The smallest absolute Gasteiger partial charge is 0.126 e. The van der Waals surface area contributed by atoms with Gasteiger partial charge < -0.3 is 14.4 Å². The van der Waals surface area contributed by atoms with Gasteiger partial charge in [0.2, 0.25) is 0 Å². The summed E-state index contributed by atoms with van der Waals surface area (Å²) in [7, 11) is 4.12. The van der Waals surface area contributed by atoms with E-state index >= 15 is 0 Å². The molecule has 0 aliphatic carbocycles. The van der Waals surface area contributed by atoms with Crippen LogP contribution in [0.25, 0.3) is 0 Å². The van der Waals surface area contributed by atoms with Crippen molar-refractivity contribution in [1.29, 1.82) is 0 Å². The van der Waals surface area contributed by atoms with Crippen molar-refractivity contribution in [2.24, 2.45) is 0 Å². The van der Waals surface area contributed by atoms with Crippen LogP contribution in [-0.4, -0.2) is 38.8 Å². The van der Waals surface area contributed by atoms with Crippen LogP contribution >= 0.6 is 11.6 Å². The molecule has 1 aliphatic rings. The molecule has 3 nitrogen and oxygen atoms in total. The van der Waals surface area contributed by atoms with Crippen LogP contribution in [0.15, 0.2) is 48.5 Å². The Morgan fingerprint density at radius 1 is 1.17 bits per heavy atom. The molecule has 0 saturated carbocycles. The lowest BCUT2D eigenvalue weighted by atomic mass is 9.87. The van der Waals surface area contributed by atoms with E-state index in [1.54, 1.807) is 0 Å². The highest BCUT2D eigenvalue weighted by Gasteiger charge is 2.30. The van der Waals surface area contributed by atoms with E-state index in [2.05, 4.69) is 43.3 Å². The van der Waals surface area contributed by atoms with Gasteiger partial charge in [0.05, 0.1) is 19.3 Å². The van der Waals surface area contributed by atoms with E-state index in [9.17, 15) is 0 Å². The number of fused-ring (bicyclic) bond motifs is 1. The number of rotatable bonds is 5. The van der Waals surface area contributed by atoms with Crippen LogP contribution in [0.2, 0.25) is 5.02 Å². The van der Waals surface area contributed by atoms with Crippen LogP contribution in [-0.2, 0) is 4.74 Å². The molecule has 0 aromatic heterocycles. The molecule has 0 spiro atoms. The van der Waals surface area contributed by atoms with E-state index in [0.717, 1.165) is 24.3 Å². The fourth-order valence-corrected chi connectivity index (χ4v) is 3.30.